The second-order valence-corrected chi connectivity index (χ2v) is 7.59. The predicted molar refractivity (Wildman–Crippen MR) is 75.7 cm³/mol. The standard InChI is InChI=1S/C12H17BrN2O2S/c1-9-4-6-15(7-5-9)18(16,17)12-8-10(13)2-3-11(12)14/h2-3,8-9H,4-7,14H2,1H3. The van der Waals surface area contributed by atoms with E-state index in [9.17, 15) is 8.42 Å². The molecular formula is C12H17BrN2O2S. The van der Waals surface area contributed by atoms with Crippen molar-refractivity contribution in [2.75, 3.05) is 18.8 Å². The molecule has 0 unspecified atom stereocenters. The van der Waals surface area contributed by atoms with Gasteiger partial charge < -0.3 is 5.73 Å². The first-order valence-electron chi connectivity index (χ1n) is 5.96. The van der Waals surface area contributed by atoms with Crippen LogP contribution in [0.3, 0.4) is 0 Å². The molecule has 4 nitrogen and oxygen atoms in total. The van der Waals surface area contributed by atoms with Gasteiger partial charge in [-0.3, -0.25) is 0 Å². The molecule has 1 aliphatic rings. The first kappa shape index (κ1) is 13.8. The molecule has 0 saturated carbocycles. The van der Waals surface area contributed by atoms with E-state index in [0.29, 0.717) is 24.7 Å². The number of halogens is 1. The molecule has 0 bridgehead atoms. The lowest BCUT2D eigenvalue weighted by Crippen LogP contribution is -2.38. The Balaban J connectivity index is 2.33. The molecule has 18 heavy (non-hydrogen) atoms. The zero-order valence-electron chi connectivity index (χ0n) is 10.3. The summed E-state index contributed by atoms with van der Waals surface area (Å²) in [5, 5.41) is 0. The average Bonchev–Trinajstić information content (AvgIpc) is 2.32. The highest BCUT2D eigenvalue weighted by atomic mass is 79.9. The Morgan fingerprint density at radius 1 is 1.33 bits per heavy atom. The minimum absolute atomic E-state index is 0.200. The van der Waals surface area contributed by atoms with Crippen LogP contribution in [0.2, 0.25) is 0 Å². The minimum Gasteiger partial charge on any atom is -0.398 e. The lowest BCUT2D eigenvalue weighted by atomic mass is 10.0. The van der Waals surface area contributed by atoms with Crippen molar-refractivity contribution in [3.05, 3.63) is 22.7 Å². The van der Waals surface area contributed by atoms with Crippen LogP contribution in [0.1, 0.15) is 19.8 Å². The summed E-state index contributed by atoms with van der Waals surface area (Å²) in [4.78, 5) is 0.200. The molecule has 2 rings (SSSR count). The highest BCUT2D eigenvalue weighted by molar-refractivity contribution is 9.10. The molecular weight excluding hydrogens is 316 g/mol. The minimum atomic E-state index is -3.46. The van der Waals surface area contributed by atoms with Crippen LogP contribution in [0.4, 0.5) is 5.69 Å². The van der Waals surface area contributed by atoms with Crippen LogP contribution in [-0.2, 0) is 10.0 Å². The largest absolute Gasteiger partial charge is 0.398 e. The smallest absolute Gasteiger partial charge is 0.245 e. The fraction of sp³-hybridized carbons (Fsp3) is 0.500. The molecule has 0 spiro atoms. The summed E-state index contributed by atoms with van der Waals surface area (Å²) in [6.45, 7) is 3.31. The molecule has 0 aromatic heterocycles. The van der Waals surface area contributed by atoms with Crippen molar-refractivity contribution in [1.82, 2.24) is 4.31 Å². The molecule has 0 amide bonds. The molecule has 1 heterocycles. The molecule has 100 valence electrons. The Morgan fingerprint density at radius 2 is 1.94 bits per heavy atom. The van der Waals surface area contributed by atoms with Crippen molar-refractivity contribution >= 4 is 31.6 Å². The zero-order chi connectivity index (χ0) is 13.3. The van der Waals surface area contributed by atoms with Crippen LogP contribution in [0.25, 0.3) is 0 Å². The van der Waals surface area contributed by atoms with Gasteiger partial charge in [0, 0.05) is 17.6 Å². The first-order valence-corrected chi connectivity index (χ1v) is 8.20. The maximum Gasteiger partial charge on any atom is 0.245 e. The summed E-state index contributed by atoms with van der Waals surface area (Å²) in [5.74, 6) is 0.594. The molecule has 1 saturated heterocycles. The first-order chi connectivity index (χ1) is 8.41. The number of nitrogen functional groups attached to an aromatic ring is 1. The molecule has 6 heteroatoms. The van der Waals surface area contributed by atoms with Crippen LogP contribution in [0.15, 0.2) is 27.6 Å². The zero-order valence-corrected chi connectivity index (χ0v) is 12.7. The maximum absolute atomic E-state index is 12.5. The summed E-state index contributed by atoms with van der Waals surface area (Å²) in [7, 11) is -3.46. The Kier molecular flexibility index (Phi) is 3.99. The van der Waals surface area contributed by atoms with Gasteiger partial charge in [-0.05, 0) is 37.0 Å². The van der Waals surface area contributed by atoms with Gasteiger partial charge in [0.1, 0.15) is 4.90 Å². The summed E-state index contributed by atoms with van der Waals surface area (Å²) >= 11 is 3.28. The third-order valence-electron chi connectivity index (χ3n) is 3.34. The van der Waals surface area contributed by atoms with Gasteiger partial charge in [-0.15, -0.1) is 0 Å². The fourth-order valence-electron chi connectivity index (χ4n) is 2.10. The van der Waals surface area contributed by atoms with E-state index in [1.165, 1.54) is 4.31 Å². The second kappa shape index (κ2) is 5.19. The van der Waals surface area contributed by atoms with Crippen molar-refractivity contribution in [2.24, 2.45) is 5.92 Å². The molecule has 2 N–H and O–H groups in total. The highest BCUT2D eigenvalue weighted by Gasteiger charge is 2.29. The monoisotopic (exact) mass is 332 g/mol. The summed E-state index contributed by atoms with van der Waals surface area (Å²) in [6.07, 6.45) is 1.82. The van der Waals surface area contributed by atoms with Gasteiger partial charge >= 0.3 is 0 Å². The van der Waals surface area contributed by atoms with Crippen molar-refractivity contribution in [3.8, 4) is 0 Å². The molecule has 1 aromatic carbocycles. The van der Waals surface area contributed by atoms with Crippen LogP contribution in [0.5, 0.6) is 0 Å². The Hall–Kier alpha value is -0.590. The maximum atomic E-state index is 12.5. The number of nitrogens with two attached hydrogens (primary N) is 1. The van der Waals surface area contributed by atoms with Gasteiger partial charge in [0.05, 0.1) is 5.69 Å². The number of hydrogen-bond donors (Lipinski definition) is 1. The number of anilines is 1. The Morgan fingerprint density at radius 3 is 2.56 bits per heavy atom. The summed E-state index contributed by atoms with van der Waals surface area (Å²) in [6, 6.07) is 4.93. The van der Waals surface area contributed by atoms with Crippen molar-refractivity contribution in [3.63, 3.8) is 0 Å². The van der Waals surface area contributed by atoms with Crippen LogP contribution >= 0.6 is 15.9 Å². The number of nitrogens with zero attached hydrogens (tertiary/aromatic N) is 1. The van der Waals surface area contributed by atoms with Gasteiger partial charge in [0.25, 0.3) is 0 Å². The van der Waals surface area contributed by atoms with E-state index in [1.54, 1.807) is 18.2 Å². The van der Waals surface area contributed by atoms with Gasteiger partial charge in [0.2, 0.25) is 10.0 Å². The number of hydrogen-bond acceptors (Lipinski definition) is 3. The SMILES string of the molecule is CC1CCN(S(=O)(=O)c2cc(Br)ccc2N)CC1. The Bertz CT molecular complexity index is 537. The van der Waals surface area contributed by atoms with E-state index in [0.717, 1.165) is 17.3 Å². The van der Waals surface area contributed by atoms with Gasteiger partial charge in [-0.2, -0.15) is 4.31 Å². The molecule has 0 radical (unpaired) electrons. The Labute approximate surface area is 116 Å². The molecule has 0 atom stereocenters. The van der Waals surface area contributed by atoms with E-state index < -0.39 is 10.0 Å². The topological polar surface area (TPSA) is 63.4 Å². The number of rotatable bonds is 2. The van der Waals surface area contributed by atoms with Crippen LogP contribution in [-0.4, -0.2) is 25.8 Å². The molecule has 0 aliphatic carbocycles. The second-order valence-electron chi connectivity index (χ2n) is 4.77. The summed E-state index contributed by atoms with van der Waals surface area (Å²) in [5.41, 5.74) is 6.09. The van der Waals surface area contributed by atoms with E-state index in [4.69, 9.17) is 5.73 Å². The van der Waals surface area contributed by atoms with Crippen molar-refractivity contribution in [1.29, 1.82) is 0 Å². The summed E-state index contributed by atoms with van der Waals surface area (Å²) < 4.78 is 27.2. The van der Waals surface area contributed by atoms with E-state index in [1.807, 2.05) is 0 Å². The third kappa shape index (κ3) is 2.70. The number of sulfonamides is 1. The number of benzene rings is 1. The predicted octanol–water partition coefficient (Wildman–Crippen LogP) is 2.45. The molecule has 1 aromatic rings. The normalized spacial score (nSPS) is 19.0. The molecule has 1 fully saturated rings. The number of piperidine rings is 1. The van der Waals surface area contributed by atoms with Crippen LogP contribution in [0, 0.1) is 5.92 Å². The quantitative estimate of drug-likeness (QED) is 0.846. The van der Waals surface area contributed by atoms with Crippen molar-refractivity contribution in [2.45, 2.75) is 24.7 Å². The average molecular weight is 333 g/mol. The van der Waals surface area contributed by atoms with Crippen molar-refractivity contribution < 1.29 is 8.42 Å². The fourth-order valence-corrected chi connectivity index (χ4v) is 4.22. The lowest BCUT2D eigenvalue weighted by Gasteiger charge is -2.29. The van der Waals surface area contributed by atoms with Gasteiger partial charge in [0.15, 0.2) is 0 Å². The highest BCUT2D eigenvalue weighted by Crippen LogP contribution is 2.28. The lowest BCUT2D eigenvalue weighted by molar-refractivity contribution is 0.288. The van der Waals surface area contributed by atoms with E-state index in [-0.39, 0.29) is 4.90 Å². The molecule has 1 aliphatic heterocycles. The van der Waals surface area contributed by atoms with Gasteiger partial charge in [-0.25, -0.2) is 8.42 Å². The van der Waals surface area contributed by atoms with E-state index >= 15 is 0 Å². The van der Waals surface area contributed by atoms with Crippen LogP contribution < -0.4 is 5.73 Å². The van der Waals surface area contributed by atoms with Gasteiger partial charge in [-0.1, -0.05) is 22.9 Å². The van der Waals surface area contributed by atoms with E-state index in [2.05, 4.69) is 22.9 Å². The third-order valence-corrected chi connectivity index (χ3v) is 5.78.